The summed E-state index contributed by atoms with van der Waals surface area (Å²) in [5.74, 6) is 0.643. The Balaban J connectivity index is 2.24. The highest BCUT2D eigenvalue weighted by molar-refractivity contribution is 5.83. The monoisotopic (exact) mass is 283 g/mol. The summed E-state index contributed by atoms with van der Waals surface area (Å²) in [5, 5.41) is 0. The molecule has 0 N–H and O–H groups in total. The largest absolute Gasteiger partial charge is 0.492 e. The summed E-state index contributed by atoms with van der Waals surface area (Å²) in [6.07, 6.45) is 0.854. The number of hydrogen-bond donors (Lipinski definition) is 0. The molecule has 0 aliphatic heterocycles. The van der Waals surface area contributed by atoms with Crippen molar-refractivity contribution in [3.05, 3.63) is 53.6 Å². The van der Waals surface area contributed by atoms with Gasteiger partial charge in [0.1, 0.15) is 12.4 Å². The molecule has 0 spiro atoms. The van der Waals surface area contributed by atoms with Crippen molar-refractivity contribution in [2.45, 2.75) is 6.92 Å². The molecule has 0 aliphatic rings. The van der Waals surface area contributed by atoms with Crippen molar-refractivity contribution < 1.29 is 9.53 Å². The van der Waals surface area contributed by atoms with Crippen LogP contribution in [0, 0.1) is 6.92 Å². The molecule has 0 amide bonds. The van der Waals surface area contributed by atoms with Gasteiger partial charge in [-0.1, -0.05) is 30.3 Å². The average molecular weight is 283 g/mol. The molecule has 0 saturated carbocycles. The molecule has 2 aromatic carbocycles. The van der Waals surface area contributed by atoms with Crippen molar-refractivity contribution in [1.29, 1.82) is 0 Å². The number of aldehydes is 1. The van der Waals surface area contributed by atoms with Crippen molar-refractivity contribution in [3.63, 3.8) is 0 Å². The second-order valence-electron chi connectivity index (χ2n) is 5.34. The topological polar surface area (TPSA) is 29.5 Å². The molecule has 21 heavy (non-hydrogen) atoms. The van der Waals surface area contributed by atoms with E-state index in [-0.39, 0.29) is 0 Å². The van der Waals surface area contributed by atoms with Crippen molar-refractivity contribution in [1.82, 2.24) is 4.90 Å². The quantitative estimate of drug-likeness (QED) is 0.761. The first-order valence-corrected chi connectivity index (χ1v) is 7.04. The predicted molar refractivity (Wildman–Crippen MR) is 86.1 cm³/mol. The lowest BCUT2D eigenvalue weighted by atomic mass is 9.99. The van der Waals surface area contributed by atoms with E-state index in [9.17, 15) is 4.79 Å². The molecule has 0 saturated heterocycles. The number of carbonyl (C=O) groups excluding carboxylic acids is 1. The molecule has 0 aliphatic carbocycles. The summed E-state index contributed by atoms with van der Waals surface area (Å²) >= 11 is 0. The fourth-order valence-corrected chi connectivity index (χ4v) is 2.17. The lowest BCUT2D eigenvalue weighted by molar-refractivity contribution is 0.111. The van der Waals surface area contributed by atoms with Gasteiger partial charge in [0.2, 0.25) is 0 Å². The maximum Gasteiger partial charge on any atom is 0.153 e. The van der Waals surface area contributed by atoms with Crippen LogP contribution in [-0.2, 0) is 0 Å². The van der Waals surface area contributed by atoms with E-state index in [1.807, 2.05) is 49.3 Å². The van der Waals surface area contributed by atoms with Crippen LogP contribution in [0.3, 0.4) is 0 Å². The minimum atomic E-state index is 0.567. The first-order chi connectivity index (χ1) is 10.1. The van der Waals surface area contributed by atoms with Crippen LogP contribution in [0.5, 0.6) is 5.75 Å². The van der Waals surface area contributed by atoms with Crippen molar-refractivity contribution in [2.24, 2.45) is 0 Å². The Kier molecular flexibility index (Phi) is 5.12. The Bertz CT molecular complexity index is 620. The summed E-state index contributed by atoms with van der Waals surface area (Å²) < 4.78 is 5.69. The molecule has 110 valence electrons. The summed E-state index contributed by atoms with van der Waals surface area (Å²) in [6.45, 7) is 3.45. The van der Waals surface area contributed by atoms with E-state index in [1.54, 1.807) is 0 Å². The van der Waals surface area contributed by atoms with E-state index in [0.29, 0.717) is 17.9 Å². The highest BCUT2D eigenvalue weighted by Crippen LogP contribution is 2.27. The lowest BCUT2D eigenvalue weighted by Crippen LogP contribution is -2.19. The zero-order chi connectivity index (χ0) is 15.2. The zero-order valence-electron chi connectivity index (χ0n) is 12.8. The van der Waals surface area contributed by atoms with E-state index in [0.717, 1.165) is 24.0 Å². The third-order valence-corrected chi connectivity index (χ3v) is 3.39. The van der Waals surface area contributed by atoms with Crippen LogP contribution in [0.1, 0.15) is 15.9 Å². The molecule has 3 heteroatoms. The van der Waals surface area contributed by atoms with Gasteiger partial charge in [0, 0.05) is 6.54 Å². The standard InChI is InChI=1S/C18H21NO2/c1-14-6-4-5-7-17(14)15-8-9-18(16(12-15)13-20)21-11-10-19(2)3/h4-9,12-13H,10-11H2,1-3H3. The Morgan fingerprint density at radius 1 is 1.14 bits per heavy atom. The van der Waals surface area contributed by atoms with Gasteiger partial charge in [-0.3, -0.25) is 4.79 Å². The van der Waals surface area contributed by atoms with E-state index < -0.39 is 0 Å². The fraction of sp³-hybridized carbons (Fsp3) is 0.278. The van der Waals surface area contributed by atoms with Crippen molar-refractivity contribution >= 4 is 6.29 Å². The predicted octanol–water partition coefficient (Wildman–Crippen LogP) is 3.41. The van der Waals surface area contributed by atoms with E-state index in [1.165, 1.54) is 5.56 Å². The number of likely N-dealkylation sites (N-methyl/N-ethyl adjacent to an activating group) is 1. The van der Waals surface area contributed by atoms with Crippen LogP contribution in [0.15, 0.2) is 42.5 Å². The molecule has 2 rings (SSSR count). The molecule has 0 fully saturated rings. The van der Waals surface area contributed by atoms with Gasteiger partial charge in [-0.05, 0) is 49.8 Å². The SMILES string of the molecule is Cc1ccccc1-c1ccc(OCCN(C)C)c(C=O)c1. The van der Waals surface area contributed by atoms with Gasteiger partial charge < -0.3 is 9.64 Å². The fourth-order valence-electron chi connectivity index (χ4n) is 2.17. The normalized spacial score (nSPS) is 10.7. The maximum atomic E-state index is 11.3. The second-order valence-corrected chi connectivity index (χ2v) is 5.34. The molecular weight excluding hydrogens is 262 g/mol. The minimum Gasteiger partial charge on any atom is -0.492 e. The van der Waals surface area contributed by atoms with Gasteiger partial charge in [-0.2, -0.15) is 0 Å². The highest BCUT2D eigenvalue weighted by Gasteiger charge is 2.07. The molecule has 0 aromatic heterocycles. The van der Waals surface area contributed by atoms with Crippen LogP contribution in [0.25, 0.3) is 11.1 Å². The summed E-state index contributed by atoms with van der Waals surface area (Å²) in [7, 11) is 3.98. The minimum absolute atomic E-state index is 0.567. The Morgan fingerprint density at radius 3 is 2.57 bits per heavy atom. The van der Waals surface area contributed by atoms with Crippen LogP contribution in [0.2, 0.25) is 0 Å². The van der Waals surface area contributed by atoms with E-state index in [4.69, 9.17) is 4.74 Å². The third kappa shape index (κ3) is 3.92. The summed E-state index contributed by atoms with van der Waals surface area (Å²) in [4.78, 5) is 13.3. The number of benzene rings is 2. The smallest absolute Gasteiger partial charge is 0.153 e. The molecule has 0 radical (unpaired) electrons. The number of rotatable bonds is 6. The number of aryl methyl sites for hydroxylation is 1. The van der Waals surface area contributed by atoms with Gasteiger partial charge >= 0.3 is 0 Å². The molecule has 0 heterocycles. The molecule has 0 bridgehead atoms. The lowest BCUT2D eigenvalue weighted by Gasteiger charge is -2.13. The van der Waals surface area contributed by atoms with Crippen LogP contribution < -0.4 is 4.74 Å². The maximum absolute atomic E-state index is 11.3. The molecule has 0 atom stereocenters. The summed E-state index contributed by atoms with van der Waals surface area (Å²) in [5.41, 5.74) is 3.96. The Hall–Kier alpha value is -2.13. The molecule has 0 unspecified atom stereocenters. The molecule has 3 nitrogen and oxygen atoms in total. The van der Waals surface area contributed by atoms with Gasteiger partial charge in [-0.15, -0.1) is 0 Å². The van der Waals surface area contributed by atoms with Crippen LogP contribution in [0.4, 0.5) is 0 Å². The first kappa shape index (κ1) is 15.3. The van der Waals surface area contributed by atoms with Crippen LogP contribution >= 0.6 is 0 Å². The number of hydrogen-bond acceptors (Lipinski definition) is 3. The average Bonchev–Trinajstić information content (AvgIpc) is 2.48. The zero-order valence-corrected chi connectivity index (χ0v) is 12.8. The summed E-state index contributed by atoms with van der Waals surface area (Å²) in [6, 6.07) is 13.9. The van der Waals surface area contributed by atoms with Crippen LogP contribution in [-0.4, -0.2) is 38.4 Å². The Morgan fingerprint density at radius 2 is 1.90 bits per heavy atom. The van der Waals surface area contributed by atoms with E-state index in [2.05, 4.69) is 19.1 Å². The first-order valence-electron chi connectivity index (χ1n) is 7.04. The number of carbonyl (C=O) groups is 1. The van der Waals surface area contributed by atoms with Crippen molar-refractivity contribution in [2.75, 3.05) is 27.2 Å². The number of ether oxygens (including phenoxy) is 1. The Labute approximate surface area is 126 Å². The van der Waals surface area contributed by atoms with E-state index >= 15 is 0 Å². The number of nitrogens with zero attached hydrogens (tertiary/aromatic N) is 1. The highest BCUT2D eigenvalue weighted by atomic mass is 16.5. The van der Waals surface area contributed by atoms with Gasteiger partial charge in [0.15, 0.2) is 6.29 Å². The third-order valence-electron chi connectivity index (χ3n) is 3.39. The molecule has 2 aromatic rings. The molecular formula is C18H21NO2. The van der Waals surface area contributed by atoms with Crippen molar-refractivity contribution in [3.8, 4) is 16.9 Å². The van der Waals surface area contributed by atoms with Gasteiger partial charge in [0.25, 0.3) is 0 Å². The second kappa shape index (κ2) is 7.04. The van der Waals surface area contributed by atoms with Gasteiger partial charge in [0.05, 0.1) is 5.56 Å². The van der Waals surface area contributed by atoms with Gasteiger partial charge in [-0.25, -0.2) is 0 Å².